The molecule has 3 heteroatoms. The van der Waals surface area contributed by atoms with Gasteiger partial charge in [-0.2, -0.15) is 0 Å². The van der Waals surface area contributed by atoms with E-state index in [2.05, 4.69) is 22.4 Å². The van der Waals surface area contributed by atoms with E-state index >= 15 is 0 Å². The Kier molecular flexibility index (Phi) is 4.25. The summed E-state index contributed by atoms with van der Waals surface area (Å²) in [7, 11) is 0. The highest BCUT2D eigenvalue weighted by Crippen LogP contribution is 2.48. The molecule has 2 fully saturated rings. The highest BCUT2D eigenvalue weighted by Gasteiger charge is 2.47. The van der Waals surface area contributed by atoms with Crippen LogP contribution in [0.5, 0.6) is 0 Å². The van der Waals surface area contributed by atoms with Gasteiger partial charge in [-0.1, -0.05) is 25.3 Å². The lowest BCUT2D eigenvalue weighted by atomic mass is 9.70. The van der Waals surface area contributed by atoms with Gasteiger partial charge in [0.2, 0.25) is 0 Å². The SMILES string of the molecule is OC[C@@H]1CCCC[C@@]1(c1cccs1)N1CCCCC1. The molecule has 2 aliphatic rings. The van der Waals surface area contributed by atoms with Crippen molar-refractivity contribution in [3.05, 3.63) is 22.4 Å². The molecule has 0 radical (unpaired) electrons. The minimum atomic E-state index is 0.140. The monoisotopic (exact) mass is 279 g/mol. The summed E-state index contributed by atoms with van der Waals surface area (Å²) in [5, 5.41) is 12.1. The van der Waals surface area contributed by atoms with Gasteiger partial charge in [-0.15, -0.1) is 11.3 Å². The van der Waals surface area contributed by atoms with Crippen molar-refractivity contribution in [2.75, 3.05) is 19.7 Å². The smallest absolute Gasteiger partial charge is 0.0604 e. The fourth-order valence-electron chi connectivity index (χ4n) is 4.18. The van der Waals surface area contributed by atoms with Crippen molar-refractivity contribution in [3.63, 3.8) is 0 Å². The fraction of sp³-hybridized carbons (Fsp3) is 0.750. The summed E-state index contributed by atoms with van der Waals surface area (Å²) >= 11 is 1.89. The van der Waals surface area contributed by atoms with Gasteiger partial charge in [-0.3, -0.25) is 4.90 Å². The van der Waals surface area contributed by atoms with Crippen LogP contribution in [0.15, 0.2) is 17.5 Å². The minimum absolute atomic E-state index is 0.140. The maximum absolute atomic E-state index is 9.93. The predicted molar refractivity (Wildman–Crippen MR) is 80.5 cm³/mol. The van der Waals surface area contributed by atoms with E-state index < -0.39 is 0 Å². The molecule has 1 N–H and O–H groups in total. The first-order valence-corrected chi connectivity index (χ1v) is 8.66. The number of piperidine rings is 1. The Morgan fingerprint density at radius 3 is 2.74 bits per heavy atom. The van der Waals surface area contributed by atoms with Crippen LogP contribution in [0.3, 0.4) is 0 Å². The lowest BCUT2D eigenvalue weighted by Crippen LogP contribution is -2.55. The Bertz CT molecular complexity index is 385. The van der Waals surface area contributed by atoms with Crippen molar-refractivity contribution in [1.82, 2.24) is 4.90 Å². The van der Waals surface area contributed by atoms with Crippen LogP contribution in [0.2, 0.25) is 0 Å². The number of hydrogen-bond acceptors (Lipinski definition) is 3. The predicted octanol–water partition coefficient (Wildman–Crippen LogP) is 3.61. The first-order chi connectivity index (χ1) is 9.38. The molecule has 1 aliphatic heterocycles. The first-order valence-electron chi connectivity index (χ1n) is 7.78. The van der Waals surface area contributed by atoms with Crippen molar-refractivity contribution < 1.29 is 5.11 Å². The van der Waals surface area contributed by atoms with E-state index in [1.54, 1.807) is 0 Å². The molecule has 3 rings (SSSR count). The van der Waals surface area contributed by atoms with E-state index in [9.17, 15) is 5.11 Å². The van der Waals surface area contributed by atoms with Gasteiger partial charge in [0.15, 0.2) is 0 Å². The first kappa shape index (κ1) is 13.6. The van der Waals surface area contributed by atoms with E-state index in [0.717, 1.165) is 0 Å². The van der Waals surface area contributed by atoms with E-state index in [-0.39, 0.29) is 5.54 Å². The second-order valence-corrected chi connectivity index (χ2v) is 7.02. The standard InChI is InChI=1S/C16H25NOS/c18-13-14-7-2-3-9-16(14,15-8-6-12-19-15)17-10-4-1-5-11-17/h6,8,12,14,18H,1-5,7,9-11,13H2/t14-,16+/m0/s1. The largest absolute Gasteiger partial charge is 0.396 e. The highest BCUT2D eigenvalue weighted by atomic mass is 32.1. The Labute approximate surface area is 120 Å². The molecule has 0 amide bonds. The highest BCUT2D eigenvalue weighted by molar-refractivity contribution is 7.10. The van der Waals surface area contributed by atoms with Gasteiger partial charge >= 0.3 is 0 Å². The van der Waals surface area contributed by atoms with Crippen LogP contribution in [0.25, 0.3) is 0 Å². The molecule has 1 saturated heterocycles. The molecule has 1 aliphatic carbocycles. The van der Waals surface area contributed by atoms with Gasteiger partial charge in [-0.25, -0.2) is 0 Å². The Morgan fingerprint density at radius 1 is 1.21 bits per heavy atom. The van der Waals surface area contributed by atoms with Crippen LogP contribution in [0, 0.1) is 5.92 Å². The summed E-state index contributed by atoms with van der Waals surface area (Å²) in [6.07, 6.45) is 9.04. The summed E-state index contributed by atoms with van der Waals surface area (Å²) in [4.78, 5) is 4.20. The second-order valence-electron chi connectivity index (χ2n) is 6.07. The van der Waals surface area contributed by atoms with Crippen molar-refractivity contribution in [3.8, 4) is 0 Å². The average molecular weight is 279 g/mol. The molecule has 2 nitrogen and oxygen atoms in total. The molecule has 1 saturated carbocycles. The number of likely N-dealkylation sites (tertiary alicyclic amines) is 1. The number of aliphatic hydroxyl groups excluding tert-OH is 1. The summed E-state index contributed by atoms with van der Waals surface area (Å²) < 4.78 is 0. The molecule has 1 aromatic rings. The van der Waals surface area contributed by atoms with Crippen LogP contribution in [0.1, 0.15) is 49.8 Å². The summed E-state index contributed by atoms with van der Waals surface area (Å²) in [5.74, 6) is 0.429. The molecular formula is C16H25NOS. The van der Waals surface area contributed by atoms with Crippen molar-refractivity contribution in [2.24, 2.45) is 5.92 Å². The van der Waals surface area contributed by atoms with Crippen LogP contribution in [-0.4, -0.2) is 29.7 Å². The normalized spacial score (nSPS) is 33.4. The Hall–Kier alpha value is -0.380. The third-order valence-corrected chi connectivity index (χ3v) is 6.16. The van der Waals surface area contributed by atoms with Gasteiger partial charge in [0.1, 0.15) is 0 Å². The quantitative estimate of drug-likeness (QED) is 0.913. The zero-order valence-corrected chi connectivity index (χ0v) is 12.5. The van der Waals surface area contributed by atoms with E-state index in [0.29, 0.717) is 12.5 Å². The molecule has 2 atom stereocenters. The van der Waals surface area contributed by atoms with Crippen LogP contribution in [-0.2, 0) is 5.54 Å². The lowest BCUT2D eigenvalue weighted by Gasteiger charge is -2.52. The molecule has 0 unspecified atom stereocenters. The van der Waals surface area contributed by atoms with Gasteiger partial charge in [0, 0.05) is 17.4 Å². The molecule has 0 aromatic carbocycles. The number of hydrogen-bond donors (Lipinski definition) is 1. The fourth-order valence-corrected chi connectivity index (χ4v) is 5.25. The third kappa shape index (κ3) is 2.37. The molecular weight excluding hydrogens is 254 g/mol. The molecule has 0 spiro atoms. The third-order valence-electron chi connectivity index (χ3n) is 5.12. The molecule has 1 aromatic heterocycles. The molecule has 0 bridgehead atoms. The zero-order chi connectivity index (χ0) is 13.1. The van der Waals surface area contributed by atoms with Crippen LogP contribution >= 0.6 is 11.3 Å². The maximum Gasteiger partial charge on any atom is 0.0604 e. The number of rotatable bonds is 3. The minimum Gasteiger partial charge on any atom is -0.396 e. The average Bonchev–Trinajstić information content (AvgIpc) is 3.02. The molecule has 2 heterocycles. The second kappa shape index (κ2) is 5.94. The topological polar surface area (TPSA) is 23.5 Å². The van der Waals surface area contributed by atoms with E-state index in [1.165, 1.54) is 62.9 Å². The molecule has 106 valence electrons. The maximum atomic E-state index is 9.93. The van der Waals surface area contributed by atoms with Crippen molar-refractivity contribution in [1.29, 1.82) is 0 Å². The van der Waals surface area contributed by atoms with Gasteiger partial charge in [0.05, 0.1) is 5.54 Å². The molecule has 19 heavy (non-hydrogen) atoms. The summed E-state index contributed by atoms with van der Waals surface area (Å²) in [6, 6.07) is 4.47. The van der Waals surface area contributed by atoms with Crippen LogP contribution in [0.4, 0.5) is 0 Å². The number of aliphatic hydroxyl groups is 1. The van der Waals surface area contributed by atoms with Crippen molar-refractivity contribution >= 4 is 11.3 Å². The summed E-state index contributed by atoms with van der Waals surface area (Å²) in [5.41, 5.74) is 0.140. The number of nitrogens with zero attached hydrogens (tertiary/aromatic N) is 1. The van der Waals surface area contributed by atoms with E-state index in [4.69, 9.17) is 0 Å². The van der Waals surface area contributed by atoms with Crippen molar-refractivity contribution in [2.45, 2.75) is 50.5 Å². The van der Waals surface area contributed by atoms with Gasteiger partial charge in [0.25, 0.3) is 0 Å². The van der Waals surface area contributed by atoms with E-state index in [1.807, 2.05) is 11.3 Å². The zero-order valence-electron chi connectivity index (χ0n) is 11.7. The van der Waals surface area contributed by atoms with Crippen LogP contribution < -0.4 is 0 Å². The number of thiophene rings is 1. The Balaban J connectivity index is 1.98. The van der Waals surface area contributed by atoms with Gasteiger partial charge < -0.3 is 5.11 Å². The Morgan fingerprint density at radius 2 is 2.05 bits per heavy atom. The van der Waals surface area contributed by atoms with Gasteiger partial charge in [-0.05, 0) is 50.2 Å². The lowest BCUT2D eigenvalue weighted by molar-refractivity contribution is -0.0360. The summed E-state index contributed by atoms with van der Waals surface area (Å²) in [6.45, 7) is 2.78.